The zero-order chi connectivity index (χ0) is 19.5. The lowest BCUT2D eigenvalue weighted by molar-refractivity contribution is 0.0952. The summed E-state index contributed by atoms with van der Waals surface area (Å²) in [6.45, 7) is 0.924. The van der Waals surface area contributed by atoms with Crippen LogP contribution < -0.4 is 11.1 Å². The number of thiophene rings is 1. The highest BCUT2D eigenvalue weighted by Gasteiger charge is 2.14. The molecule has 4 nitrogen and oxygen atoms in total. The van der Waals surface area contributed by atoms with Gasteiger partial charge in [-0.2, -0.15) is 11.3 Å². The van der Waals surface area contributed by atoms with Gasteiger partial charge in [0, 0.05) is 33.9 Å². The van der Waals surface area contributed by atoms with Gasteiger partial charge >= 0.3 is 0 Å². The quantitative estimate of drug-likeness (QED) is 0.442. The molecule has 0 bridgehead atoms. The Morgan fingerprint density at radius 1 is 1.11 bits per heavy atom. The summed E-state index contributed by atoms with van der Waals surface area (Å²) in [5.41, 5.74) is 11.0. The second-order valence-electron chi connectivity index (χ2n) is 6.44. The van der Waals surface area contributed by atoms with Crippen LogP contribution in [-0.4, -0.2) is 10.9 Å². The van der Waals surface area contributed by atoms with Gasteiger partial charge in [-0.1, -0.05) is 40.2 Å². The van der Waals surface area contributed by atoms with E-state index >= 15 is 0 Å². The molecule has 2 aromatic heterocycles. The van der Waals surface area contributed by atoms with Gasteiger partial charge < -0.3 is 11.1 Å². The average Bonchev–Trinajstić information content (AvgIpc) is 3.26. The summed E-state index contributed by atoms with van der Waals surface area (Å²) in [5, 5.41) is 7.89. The maximum atomic E-state index is 13.0. The number of fused-ring (bicyclic) bond motifs is 1. The van der Waals surface area contributed by atoms with Gasteiger partial charge in [-0.15, -0.1) is 0 Å². The molecule has 0 aliphatic heterocycles. The average molecular weight is 452 g/mol. The predicted molar refractivity (Wildman–Crippen MR) is 118 cm³/mol. The lowest BCUT2D eigenvalue weighted by atomic mass is 10.0. The van der Waals surface area contributed by atoms with Crippen LogP contribution >= 0.6 is 27.3 Å². The third kappa shape index (κ3) is 3.99. The molecule has 0 radical (unpaired) electrons. The van der Waals surface area contributed by atoms with Crippen LogP contribution in [0.3, 0.4) is 0 Å². The number of amides is 1. The van der Waals surface area contributed by atoms with Crippen molar-refractivity contribution in [3.05, 3.63) is 86.5 Å². The molecule has 2 aromatic carbocycles. The third-order valence-electron chi connectivity index (χ3n) is 4.51. The molecule has 6 heteroatoms. The zero-order valence-corrected chi connectivity index (χ0v) is 17.4. The Bertz CT molecular complexity index is 1140. The summed E-state index contributed by atoms with van der Waals surface area (Å²) in [5.74, 6) is -0.125. The van der Waals surface area contributed by atoms with Gasteiger partial charge in [0.1, 0.15) is 0 Å². The minimum atomic E-state index is -0.125. The number of pyridine rings is 1. The zero-order valence-electron chi connectivity index (χ0n) is 15.0. The molecule has 28 heavy (non-hydrogen) atoms. The van der Waals surface area contributed by atoms with Crippen LogP contribution in [0.4, 0.5) is 0 Å². The molecule has 0 aliphatic carbocycles. The number of hydrogen-bond acceptors (Lipinski definition) is 4. The Labute approximate surface area is 175 Å². The van der Waals surface area contributed by atoms with E-state index in [2.05, 4.69) is 21.2 Å². The van der Waals surface area contributed by atoms with Gasteiger partial charge in [-0.3, -0.25) is 4.79 Å². The fraction of sp³-hybridized carbons (Fsp3) is 0.0909. The number of aromatic nitrogens is 1. The van der Waals surface area contributed by atoms with Crippen molar-refractivity contribution in [2.75, 3.05) is 0 Å². The van der Waals surface area contributed by atoms with E-state index in [1.54, 1.807) is 11.3 Å². The molecule has 0 saturated carbocycles. The van der Waals surface area contributed by atoms with Crippen LogP contribution in [-0.2, 0) is 13.1 Å². The first-order chi connectivity index (χ1) is 13.6. The number of hydrogen-bond donors (Lipinski definition) is 2. The summed E-state index contributed by atoms with van der Waals surface area (Å²) in [4.78, 5) is 17.8. The normalized spacial score (nSPS) is 10.9. The smallest absolute Gasteiger partial charge is 0.252 e. The van der Waals surface area contributed by atoms with Gasteiger partial charge in [0.05, 0.1) is 16.8 Å². The van der Waals surface area contributed by atoms with Gasteiger partial charge in [-0.25, -0.2) is 4.98 Å². The second-order valence-corrected chi connectivity index (χ2v) is 8.13. The topological polar surface area (TPSA) is 68.0 Å². The summed E-state index contributed by atoms with van der Waals surface area (Å²) in [7, 11) is 0. The van der Waals surface area contributed by atoms with Crippen molar-refractivity contribution in [1.82, 2.24) is 10.3 Å². The number of nitrogens with two attached hydrogens (primary N) is 1. The fourth-order valence-electron chi connectivity index (χ4n) is 3.09. The summed E-state index contributed by atoms with van der Waals surface area (Å²) in [6.07, 6.45) is 0. The van der Waals surface area contributed by atoms with Gasteiger partial charge in [-0.05, 0) is 46.8 Å². The van der Waals surface area contributed by atoms with Crippen molar-refractivity contribution in [3.8, 4) is 11.3 Å². The molecule has 0 saturated heterocycles. The number of rotatable bonds is 5. The van der Waals surface area contributed by atoms with Gasteiger partial charge in [0.25, 0.3) is 5.91 Å². The van der Waals surface area contributed by atoms with Crippen LogP contribution in [0.25, 0.3) is 22.2 Å². The molecule has 1 amide bonds. The Morgan fingerprint density at radius 3 is 2.75 bits per heavy atom. The van der Waals surface area contributed by atoms with Crippen LogP contribution in [0, 0.1) is 0 Å². The highest BCUT2D eigenvalue weighted by molar-refractivity contribution is 9.10. The second kappa shape index (κ2) is 8.22. The number of nitrogens with one attached hydrogen (secondary N) is 1. The third-order valence-corrected chi connectivity index (χ3v) is 5.69. The Balaban J connectivity index is 1.69. The van der Waals surface area contributed by atoms with Crippen LogP contribution in [0.15, 0.2) is 69.8 Å². The molecule has 2 heterocycles. The van der Waals surface area contributed by atoms with Gasteiger partial charge in [0.15, 0.2) is 0 Å². The molecule has 0 spiro atoms. The molecule has 0 fully saturated rings. The summed E-state index contributed by atoms with van der Waals surface area (Å²) in [6, 6.07) is 17.6. The first-order valence-corrected chi connectivity index (χ1v) is 10.6. The van der Waals surface area contributed by atoms with Crippen LogP contribution in [0.2, 0.25) is 0 Å². The maximum absolute atomic E-state index is 13.0. The van der Waals surface area contributed by atoms with Crippen LogP contribution in [0.1, 0.15) is 21.5 Å². The lowest BCUT2D eigenvalue weighted by Crippen LogP contribution is -2.23. The molecule has 4 rings (SSSR count). The molecule has 0 unspecified atom stereocenters. The minimum absolute atomic E-state index is 0.125. The number of carbonyl (C=O) groups excluding carboxylic acids is 1. The maximum Gasteiger partial charge on any atom is 0.252 e. The monoisotopic (exact) mass is 451 g/mol. The van der Waals surface area contributed by atoms with E-state index in [0.717, 1.165) is 37.8 Å². The van der Waals surface area contributed by atoms with Crippen molar-refractivity contribution >= 4 is 44.1 Å². The molecule has 0 aliphatic rings. The highest BCUT2D eigenvalue weighted by atomic mass is 79.9. The molecule has 0 atom stereocenters. The molecule has 4 aromatic rings. The molecular weight excluding hydrogens is 434 g/mol. The van der Waals surface area contributed by atoms with Gasteiger partial charge in [0.2, 0.25) is 0 Å². The SMILES string of the molecule is NCc1cccc(CNC(=O)c2cc(-c3ccsc3)nc3ccc(Br)cc23)c1. The van der Waals surface area contributed by atoms with Crippen molar-refractivity contribution in [3.63, 3.8) is 0 Å². The lowest BCUT2D eigenvalue weighted by Gasteiger charge is -2.11. The van der Waals surface area contributed by atoms with E-state index in [1.165, 1.54) is 0 Å². The van der Waals surface area contributed by atoms with E-state index in [1.807, 2.05) is 65.4 Å². The Hall–Kier alpha value is -2.54. The molecule has 140 valence electrons. The first-order valence-electron chi connectivity index (χ1n) is 8.83. The number of halogens is 1. The first kappa shape index (κ1) is 18.8. The van der Waals surface area contributed by atoms with Crippen molar-refractivity contribution in [2.24, 2.45) is 5.73 Å². The number of benzene rings is 2. The number of carbonyl (C=O) groups is 1. The Morgan fingerprint density at radius 2 is 1.96 bits per heavy atom. The fourth-order valence-corrected chi connectivity index (χ4v) is 4.10. The Kier molecular flexibility index (Phi) is 5.52. The largest absolute Gasteiger partial charge is 0.348 e. The van der Waals surface area contributed by atoms with Crippen molar-refractivity contribution in [2.45, 2.75) is 13.1 Å². The number of nitrogens with zero attached hydrogens (tertiary/aromatic N) is 1. The molecule has 3 N–H and O–H groups in total. The molecular formula is C22H18BrN3OS. The van der Waals surface area contributed by atoms with E-state index < -0.39 is 0 Å². The summed E-state index contributed by atoms with van der Waals surface area (Å²) >= 11 is 5.10. The van der Waals surface area contributed by atoms with E-state index in [0.29, 0.717) is 18.7 Å². The minimum Gasteiger partial charge on any atom is -0.348 e. The summed E-state index contributed by atoms with van der Waals surface area (Å²) < 4.78 is 0.912. The van der Waals surface area contributed by atoms with Crippen molar-refractivity contribution in [1.29, 1.82) is 0 Å². The highest BCUT2D eigenvalue weighted by Crippen LogP contribution is 2.28. The standard InChI is InChI=1S/C22H18BrN3OS/c23-17-4-5-20-18(9-17)19(10-21(26-20)16-6-7-28-13-16)22(27)25-12-15-3-1-2-14(8-15)11-24/h1-10,13H,11-12,24H2,(H,25,27). The van der Waals surface area contributed by atoms with Crippen molar-refractivity contribution < 1.29 is 4.79 Å². The van der Waals surface area contributed by atoms with Crippen LogP contribution in [0.5, 0.6) is 0 Å². The van der Waals surface area contributed by atoms with E-state index in [9.17, 15) is 4.79 Å². The van der Waals surface area contributed by atoms with E-state index in [-0.39, 0.29) is 5.91 Å². The van der Waals surface area contributed by atoms with E-state index in [4.69, 9.17) is 10.7 Å². The predicted octanol–water partition coefficient (Wildman–Crippen LogP) is 5.11.